The summed E-state index contributed by atoms with van der Waals surface area (Å²) in [5.41, 5.74) is 2.73. The number of H-pyrrole nitrogens is 1. The van der Waals surface area contributed by atoms with Gasteiger partial charge in [0.05, 0.1) is 5.69 Å². The number of rotatable bonds is 4. The molecule has 0 aromatic carbocycles. The number of allylic oxidation sites excluding steroid dienone is 3. The summed E-state index contributed by atoms with van der Waals surface area (Å²) >= 11 is 6.14. The van der Waals surface area contributed by atoms with E-state index in [0.29, 0.717) is 12.0 Å². The number of aromatic amines is 1. The number of pyridine rings is 1. The Morgan fingerprint density at radius 2 is 2.28 bits per heavy atom. The maximum Gasteiger partial charge on any atom is 0.153 e. The maximum atomic E-state index is 6.14. The van der Waals surface area contributed by atoms with Gasteiger partial charge < -0.3 is 15.6 Å². The molecule has 0 saturated heterocycles. The molecule has 0 spiro atoms. The predicted octanol–water partition coefficient (Wildman–Crippen LogP) is 4.70. The van der Waals surface area contributed by atoms with Crippen molar-refractivity contribution in [1.29, 1.82) is 0 Å². The van der Waals surface area contributed by atoms with Crippen molar-refractivity contribution < 1.29 is 0 Å². The van der Waals surface area contributed by atoms with E-state index in [9.17, 15) is 0 Å². The normalized spacial score (nSPS) is 22.3. The summed E-state index contributed by atoms with van der Waals surface area (Å²) in [6.07, 6.45) is 15.1. The molecule has 2 unspecified atom stereocenters. The van der Waals surface area contributed by atoms with E-state index >= 15 is 0 Å². The zero-order chi connectivity index (χ0) is 17.2. The fourth-order valence-electron chi connectivity index (χ4n) is 3.19. The number of hydrogen-bond donors (Lipinski definition) is 3. The highest BCUT2D eigenvalue weighted by atomic mass is 35.5. The molecule has 0 radical (unpaired) electrons. The number of nitrogens with one attached hydrogen (secondary N) is 3. The summed E-state index contributed by atoms with van der Waals surface area (Å²) < 4.78 is 0. The molecule has 3 N–H and O–H groups in total. The molecule has 6 heteroatoms. The second kappa shape index (κ2) is 6.76. The van der Waals surface area contributed by atoms with Crippen molar-refractivity contribution in [3.8, 4) is 11.1 Å². The van der Waals surface area contributed by atoms with Gasteiger partial charge in [0.25, 0.3) is 0 Å². The molecule has 128 valence electrons. The predicted molar refractivity (Wildman–Crippen MR) is 105 cm³/mol. The van der Waals surface area contributed by atoms with Gasteiger partial charge in [-0.3, -0.25) is 0 Å². The molecule has 0 fully saturated rings. The largest absolute Gasteiger partial charge is 0.367 e. The number of fused-ring (bicyclic) bond motifs is 1. The van der Waals surface area contributed by atoms with E-state index in [1.54, 1.807) is 6.21 Å². The van der Waals surface area contributed by atoms with Crippen LogP contribution < -0.4 is 10.6 Å². The van der Waals surface area contributed by atoms with Crippen molar-refractivity contribution in [2.45, 2.75) is 24.9 Å². The van der Waals surface area contributed by atoms with Gasteiger partial charge in [0.1, 0.15) is 11.3 Å². The van der Waals surface area contributed by atoms with Crippen molar-refractivity contribution >= 4 is 35.1 Å². The quantitative estimate of drug-likeness (QED) is 0.551. The number of aliphatic imine (C=N–C) groups is 1. The molecule has 4 rings (SSSR count). The molecule has 5 nitrogen and oxygen atoms in total. The Balaban J connectivity index is 1.56. The average Bonchev–Trinajstić information content (AvgIpc) is 3.05. The number of hydrogen-bond acceptors (Lipinski definition) is 4. The third kappa shape index (κ3) is 3.33. The maximum absolute atomic E-state index is 6.14. The van der Waals surface area contributed by atoms with E-state index in [0.717, 1.165) is 34.9 Å². The lowest BCUT2D eigenvalue weighted by molar-refractivity contribution is 0.567. The SMILES string of the molecule is C[C@H](Nc1cc(-c2c[nH]c3c2NC(Cl)C=N3)ccn1)C1C=CC=CC1. The van der Waals surface area contributed by atoms with Gasteiger partial charge in [-0.25, -0.2) is 9.98 Å². The fourth-order valence-corrected chi connectivity index (χ4v) is 3.36. The van der Waals surface area contributed by atoms with Crippen LogP contribution in [0.2, 0.25) is 0 Å². The lowest BCUT2D eigenvalue weighted by Crippen LogP contribution is -2.25. The van der Waals surface area contributed by atoms with Crippen LogP contribution in [0.25, 0.3) is 11.1 Å². The first-order chi connectivity index (χ1) is 12.2. The summed E-state index contributed by atoms with van der Waals surface area (Å²) in [5, 5.41) is 6.77. The number of halogens is 1. The zero-order valence-corrected chi connectivity index (χ0v) is 14.7. The summed E-state index contributed by atoms with van der Waals surface area (Å²) in [6.45, 7) is 2.19. The number of aromatic nitrogens is 2. The monoisotopic (exact) mass is 353 g/mol. The Kier molecular flexibility index (Phi) is 4.32. The van der Waals surface area contributed by atoms with Gasteiger partial charge in [-0.15, -0.1) is 0 Å². The first kappa shape index (κ1) is 16.0. The van der Waals surface area contributed by atoms with Crippen LogP contribution in [-0.4, -0.2) is 27.7 Å². The van der Waals surface area contributed by atoms with Gasteiger partial charge in [0.15, 0.2) is 5.82 Å². The summed E-state index contributed by atoms with van der Waals surface area (Å²) in [7, 11) is 0. The van der Waals surface area contributed by atoms with Crippen LogP contribution >= 0.6 is 11.6 Å². The van der Waals surface area contributed by atoms with Gasteiger partial charge in [-0.1, -0.05) is 35.9 Å². The molecule has 1 aliphatic carbocycles. The van der Waals surface area contributed by atoms with Crippen LogP contribution in [0.15, 0.2) is 53.8 Å². The number of alkyl halides is 1. The molecule has 25 heavy (non-hydrogen) atoms. The molecule has 1 aliphatic heterocycles. The van der Waals surface area contributed by atoms with Gasteiger partial charge in [-0.05, 0) is 31.0 Å². The molecule has 3 heterocycles. The Morgan fingerprint density at radius 1 is 1.36 bits per heavy atom. The average molecular weight is 354 g/mol. The van der Waals surface area contributed by atoms with E-state index in [2.05, 4.69) is 62.9 Å². The standard InChI is InChI=1S/C19H20ClN5/c1-12(13-5-3-2-4-6-13)24-17-9-14(7-8-21-17)15-10-22-19-18(15)25-16(20)11-23-19/h2-5,7-13,16,22,25H,6H2,1H3,(H,21,24)/t12-,13?,16?/m0/s1. The second-order valence-electron chi connectivity index (χ2n) is 6.33. The highest BCUT2D eigenvalue weighted by molar-refractivity contribution is 6.30. The van der Waals surface area contributed by atoms with Crippen LogP contribution in [0, 0.1) is 5.92 Å². The molecular formula is C19H20ClN5. The number of nitrogens with zero attached hydrogens (tertiary/aromatic N) is 2. The van der Waals surface area contributed by atoms with E-state index in [-0.39, 0.29) is 5.50 Å². The van der Waals surface area contributed by atoms with E-state index < -0.39 is 0 Å². The summed E-state index contributed by atoms with van der Waals surface area (Å²) in [5.74, 6) is 2.14. The van der Waals surface area contributed by atoms with Crippen LogP contribution in [0.4, 0.5) is 17.3 Å². The first-order valence-electron chi connectivity index (χ1n) is 8.43. The van der Waals surface area contributed by atoms with Crippen molar-refractivity contribution in [2.75, 3.05) is 10.6 Å². The van der Waals surface area contributed by atoms with Crippen LogP contribution in [-0.2, 0) is 0 Å². The van der Waals surface area contributed by atoms with Crippen LogP contribution in [0.5, 0.6) is 0 Å². The lowest BCUT2D eigenvalue weighted by Gasteiger charge is -2.23. The van der Waals surface area contributed by atoms with Gasteiger partial charge in [0, 0.05) is 36.1 Å². The van der Waals surface area contributed by atoms with E-state index in [1.165, 1.54) is 0 Å². The molecule has 2 aromatic heterocycles. The molecule has 0 amide bonds. The van der Waals surface area contributed by atoms with Crippen molar-refractivity contribution in [3.63, 3.8) is 0 Å². The highest BCUT2D eigenvalue weighted by Gasteiger charge is 2.19. The van der Waals surface area contributed by atoms with Crippen molar-refractivity contribution in [1.82, 2.24) is 9.97 Å². The van der Waals surface area contributed by atoms with Gasteiger partial charge in [0.2, 0.25) is 0 Å². The zero-order valence-electron chi connectivity index (χ0n) is 13.9. The molecule has 3 atom stereocenters. The first-order valence-corrected chi connectivity index (χ1v) is 8.87. The third-order valence-electron chi connectivity index (χ3n) is 4.58. The molecule has 0 saturated carbocycles. The third-order valence-corrected chi connectivity index (χ3v) is 4.80. The van der Waals surface area contributed by atoms with Crippen LogP contribution in [0.3, 0.4) is 0 Å². The molecular weight excluding hydrogens is 334 g/mol. The summed E-state index contributed by atoms with van der Waals surface area (Å²) in [6, 6.07) is 4.36. The Labute approximate surface area is 151 Å². The number of anilines is 2. The smallest absolute Gasteiger partial charge is 0.153 e. The Hall–Kier alpha value is -2.53. The minimum absolute atomic E-state index is 0.298. The highest BCUT2D eigenvalue weighted by Crippen LogP contribution is 2.38. The molecule has 2 aromatic rings. The minimum atomic E-state index is -0.298. The summed E-state index contributed by atoms with van der Waals surface area (Å²) in [4.78, 5) is 12.0. The lowest BCUT2D eigenvalue weighted by atomic mass is 9.94. The second-order valence-corrected chi connectivity index (χ2v) is 6.80. The van der Waals surface area contributed by atoms with Gasteiger partial charge in [-0.2, -0.15) is 0 Å². The Morgan fingerprint density at radius 3 is 3.12 bits per heavy atom. The van der Waals surface area contributed by atoms with Gasteiger partial charge >= 0.3 is 0 Å². The van der Waals surface area contributed by atoms with E-state index in [4.69, 9.17) is 11.6 Å². The van der Waals surface area contributed by atoms with Crippen LogP contribution in [0.1, 0.15) is 13.3 Å². The van der Waals surface area contributed by atoms with Crippen molar-refractivity contribution in [2.24, 2.45) is 10.9 Å². The Bertz CT molecular complexity index is 851. The fraction of sp³-hybridized carbons (Fsp3) is 0.263. The topological polar surface area (TPSA) is 65.1 Å². The minimum Gasteiger partial charge on any atom is -0.367 e. The molecule has 0 bridgehead atoms. The van der Waals surface area contributed by atoms with E-state index in [1.807, 2.05) is 18.5 Å². The molecule has 2 aliphatic rings. The van der Waals surface area contributed by atoms with Crippen molar-refractivity contribution in [3.05, 3.63) is 48.8 Å².